The Morgan fingerprint density at radius 1 is 1.21 bits per heavy atom. The van der Waals surface area contributed by atoms with Gasteiger partial charge in [0.1, 0.15) is 5.82 Å². The molecule has 2 aromatic rings. The first kappa shape index (κ1) is 14.0. The van der Waals surface area contributed by atoms with E-state index in [1.165, 1.54) is 16.7 Å². The van der Waals surface area contributed by atoms with E-state index in [1.54, 1.807) is 0 Å². The summed E-state index contributed by atoms with van der Waals surface area (Å²) >= 11 is 3.46. The van der Waals surface area contributed by atoms with Crippen molar-refractivity contribution < 1.29 is 0 Å². The van der Waals surface area contributed by atoms with E-state index in [2.05, 4.69) is 50.7 Å². The molecule has 0 spiro atoms. The molecular formula is C15H18BrN3. The lowest BCUT2D eigenvalue weighted by Gasteiger charge is -2.24. The van der Waals surface area contributed by atoms with Crippen LogP contribution in [0.1, 0.15) is 23.6 Å². The minimum atomic E-state index is 0.845. The van der Waals surface area contributed by atoms with Gasteiger partial charge in [-0.2, -0.15) is 0 Å². The molecule has 0 fully saturated rings. The van der Waals surface area contributed by atoms with E-state index < -0.39 is 0 Å². The van der Waals surface area contributed by atoms with Gasteiger partial charge >= 0.3 is 0 Å². The molecule has 2 aromatic heterocycles. The highest BCUT2D eigenvalue weighted by molar-refractivity contribution is 9.08. The van der Waals surface area contributed by atoms with Crippen molar-refractivity contribution in [2.75, 3.05) is 11.4 Å². The number of pyridine rings is 2. The molecule has 0 aliphatic heterocycles. The van der Waals surface area contributed by atoms with Crippen LogP contribution in [-0.4, -0.2) is 16.5 Å². The van der Waals surface area contributed by atoms with Gasteiger partial charge in [0, 0.05) is 37.0 Å². The topological polar surface area (TPSA) is 29.0 Å². The smallest absolute Gasteiger partial charge is 0.131 e. The Morgan fingerprint density at radius 3 is 2.53 bits per heavy atom. The number of aryl methyl sites for hydroxylation is 1. The maximum Gasteiger partial charge on any atom is 0.131 e. The van der Waals surface area contributed by atoms with Gasteiger partial charge in [-0.1, -0.05) is 22.0 Å². The van der Waals surface area contributed by atoms with Gasteiger partial charge in [-0.05, 0) is 42.7 Å². The number of halogens is 1. The summed E-state index contributed by atoms with van der Waals surface area (Å²) in [6.45, 7) is 6.06. The van der Waals surface area contributed by atoms with Crippen molar-refractivity contribution >= 4 is 21.7 Å². The van der Waals surface area contributed by atoms with Gasteiger partial charge in [-0.3, -0.25) is 4.98 Å². The Kier molecular flexibility index (Phi) is 4.91. The van der Waals surface area contributed by atoms with Crippen molar-refractivity contribution in [3.05, 3.63) is 53.5 Å². The SMILES string of the molecule is CCN(Cc1ccncc1)c1ncc(CBr)cc1C. The van der Waals surface area contributed by atoms with Gasteiger partial charge in [-0.25, -0.2) is 4.98 Å². The fourth-order valence-corrected chi connectivity index (χ4v) is 2.38. The molecule has 0 aliphatic carbocycles. The lowest BCUT2D eigenvalue weighted by molar-refractivity contribution is 0.806. The summed E-state index contributed by atoms with van der Waals surface area (Å²) in [6, 6.07) is 6.28. The summed E-state index contributed by atoms with van der Waals surface area (Å²) in [7, 11) is 0. The van der Waals surface area contributed by atoms with Gasteiger partial charge in [0.15, 0.2) is 0 Å². The highest BCUT2D eigenvalue weighted by Crippen LogP contribution is 2.20. The predicted molar refractivity (Wildman–Crippen MR) is 82.6 cm³/mol. The molecule has 0 amide bonds. The van der Waals surface area contributed by atoms with E-state index >= 15 is 0 Å². The van der Waals surface area contributed by atoms with Crippen LogP contribution in [0.3, 0.4) is 0 Å². The maximum atomic E-state index is 4.60. The van der Waals surface area contributed by atoms with Crippen LogP contribution < -0.4 is 4.90 Å². The number of hydrogen-bond acceptors (Lipinski definition) is 3. The number of anilines is 1. The standard InChI is InChI=1S/C15H18BrN3/c1-3-19(11-13-4-6-17-7-5-13)15-12(2)8-14(9-16)10-18-15/h4-8,10H,3,9,11H2,1-2H3. The number of nitrogens with zero attached hydrogens (tertiary/aromatic N) is 3. The third-order valence-electron chi connectivity index (χ3n) is 3.07. The van der Waals surface area contributed by atoms with Crippen LogP contribution in [0, 0.1) is 6.92 Å². The van der Waals surface area contributed by atoms with E-state index in [0.717, 1.165) is 24.2 Å². The van der Waals surface area contributed by atoms with E-state index in [9.17, 15) is 0 Å². The molecule has 0 saturated heterocycles. The molecule has 0 radical (unpaired) electrons. The molecule has 0 N–H and O–H groups in total. The molecule has 0 saturated carbocycles. The van der Waals surface area contributed by atoms with Gasteiger partial charge in [0.05, 0.1) is 0 Å². The van der Waals surface area contributed by atoms with E-state index in [0.29, 0.717) is 0 Å². The second kappa shape index (κ2) is 6.66. The molecule has 0 aromatic carbocycles. The van der Waals surface area contributed by atoms with Gasteiger partial charge < -0.3 is 4.90 Å². The van der Waals surface area contributed by atoms with Crippen molar-refractivity contribution in [2.45, 2.75) is 25.7 Å². The first-order chi connectivity index (χ1) is 9.24. The first-order valence-electron chi connectivity index (χ1n) is 6.40. The Labute approximate surface area is 122 Å². The quantitative estimate of drug-likeness (QED) is 0.787. The monoisotopic (exact) mass is 319 g/mol. The molecular weight excluding hydrogens is 302 g/mol. The molecule has 2 rings (SSSR count). The highest BCUT2D eigenvalue weighted by atomic mass is 79.9. The Morgan fingerprint density at radius 2 is 1.95 bits per heavy atom. The highest BCUT2D eigenvalue weighted by Gasteiger charge is 2.10. The Bertz CT molecular complexity index is 528. The first-order valence-corrected chi connectivity index (χ1v) is 7.52. The fraction of sp³-hybridized carbons (Fsp3) is 0.333. The summed E-state index contributed by atoms with van der Waals surface area (Å²) in [5.74, 6) is 1.06. The van der Waals surface area contributed by atoms with Crippen molar-refractivity contribution in [3.8, 4) is 0 Å². The Hall–Kier alpha value is -1.42. The van der Waals surface area contributed by atoms with Crippen LogP contribution in [0.5, 0.6) is 0 Å². The van der Waals surface area contributed by atoms with E-state index in [4.69, 9.17) is 0 Å². The van der Waals surface area contributed by atoms with Gasteiger partial charge in [0.2, 0.25) is 0 Å². The average Bonchev–Trinajstić information content (AvgIpc) is 2.46. The van der Waals surface area contributed by atoms with Gasteiger partial charge in [-0.15, -0.1) is 0 Å². The van der Waals surface area contributed by atoms with Crippen LogP contribution in [0.2, 0.25) is 0 Å². The van der Waals surface area contributed by atoms with Gasteiger partial charge in [0.25, 0.3) is 0 Å². The average molecular weight is 320 g/mol. The van der Waals surface area contributed by atoms with Crippen LogP contribution >= 0.6 is 15.9 Å². The van der Waals surface area contributed by atoms with Crippen LogP contribution in [0.15, 0.2) is 36.8 Å². The second-order valence-electron chi connectivity index (χ2n) is 4.49. The Balaban J connectivity index is 2.22. The molecule has 2 heterocycles. The lowest BCUT2D eigenvalue weighted by atomic mass is 10.2. The fourth-order valence-electron chi connectivity index (χ4n) is 2.07. The minimum Gasteiger partial charge on any atom is -0.352 e. The number of alkyl halides is 1. The number of rotatable bonds is 5. The summed E-state index contributed by atoms with van der Waals surface area (Å²) in [5.41, 5.74) is 3.68. The second-order valence-corrected chi connectivity index (χ2v) is 5.05. The molecule has 0 unspecified atom stereocenters. The van der Waals surface area contributed by atoms with Crippen molar-refractivity contribution in [2.24, 2.45) is 0 Å². The van der Waals surface area contributed by atoms with Crippen molar-refractivity contribution in [1.29, 1.82) is 0 Å². The molecule has 0 bridgehead atoms. The van der Waals surface area contributed by atoms with Crippen LogP contribution in [-0.2, 0) is 11.9 Å². The number of hydrogen-bond donors (Lipinski definition) is 0. The molecule has 0 aliphatic rings. The lowest BCUT2D eigenvalue weighted by Crippen LogP contribution is -2.24. The zero-order valence-corrected chi connectivity index (χ0v) is 12.9. The molecule has 0 atom stereocenters. The van der Waals surface area contributed by atoms with E-state index in [-0.39, 0.29) is 0 Å². The molecule has 4 heteroatoms. The van der Waals surface area contributed by atoms with E-state index in [1.807, 2.05) is 30.7 Å². The normalized spacial score (nSPS) is 10.5. The summed E-state index contributed by atoms with van der Waals surface area (Å²) in [5, 5.41) is 0.845. The molecule has 100 valence electrons. The summed E-state index contributed by atoms with van der Waals surface area (Å²) in [4.78, 5) is 10.9. The largest absolute Gasteiger partial charge is 0.352 e. The van der Waals surface area contributed by atoms with Crippen molar-refractivity contribution in [1.82, 2.24) is 9.97 Å². The van der Waals surface area contributed by atoms with Crippen LogP contribution in [0.4, 0.5) is 5.82 Å². The number of aromatic nitrogens is 2. The third-order valence-corrected chi connectivity index (χ3v) is 3.71. The molecule has 3 nitrogen and oxygen atoms in total. The van der Waals surface area contributed by atoms with Crippen LogP contribution in [0.25, 0.3) is 0 Å². The summed E-state index contributed by atoms with van der Waals surface area (Å²) in [6.07, 6.45) is 5.60. The minimum absolute atomic E-state index is 0.845. The zero-order valence-electron chi connectivity index (χ0n) is 11.3. The molecule has 19 heavy (non-hydrogen) atoms. The third kappa shape index (κ3) is 3.53. The maximum absolute atomic E-state index is 4.60. The van der Waals surface area contributed by atoms with Crippen molar-refractivity contribution in [3.63, 3.8) is 0 Å². The predicted octanol–water partition coefficient (Wildman–Crippen LogP) is 3.71. The summed E-state index contributed by atoms with van der Waals surface area (Å²) < 4.78 is 0. The zero-order chi connectivity index (χ0) is 13.7.